The van der Waals surface area contributed by atoms with E-state index in [2.05, 4.69) is 36.8 Å². The third-order valence-electron chi connectivity index (χ3n) is 6.30. The molecule has 0 unspecified atom stereocenters. The Morgan fingerprint density at radius 1 is 0.970 bits per heavy atom. The summed E-state index contributed by atoms with van der Waals surface area (Å²) in [5.41, 5.74) is 6.02. The second-order valence-corrected chi connectivity index (χ2v) is 11.0. The molecule has 174 valence electrons. The number of hydrogen-bond acceptors (Lipinski definition) is 4. The van der Waals surface area contributed by atoms with Crippen molar-refractivity contribution in [1.82, 2.24) is 4.72 Å². The van der Waals surface area contributed by atoms with Crippen molar-refractivity contribution >= 4 is 10.0 Å². The number of nitrogens with one attached hydrogen (secondary N) is 1. The van der Waals surface area contributed by atoms with E-state index >= 15 is 0 Å². The van der Waals surface area contributed by atoms with Crippen LogP contribution in [0.25, 0.3) is 11.1 Å². The van der Waals surface area contributed by atoms with Crippen LogP contribution in [0.2, 0.25) is 0 Å². The molecule has 33 heavy (non-hydrogen) atoms. The van der Waals surface area contributed by atoms with E-state index in [1.165, 1.54) is 11.1 Å². The molecule has 1 aliphatic rings. The first kappa shape index (κ1) is 23.3. The van der Waals surface area contributed by atoms with Crippen LogP contribution in [0.3, 0.4) is 0 Å². The van der Waals surface area contributed by atoms with Crippen molar-refractivity contribution in [1.29, 1.82) is 0 Å². The molecule has 1 N–H and O–H groups in total. The Hall–Kier alpha value is -2.83. The van der Waals surface area contributed by atoms with E-state index in [-0.39, 0.29) is 17.0 Å². The van der Waals surface area contributed by atoms with Crippen LogP contribution in [0, 0.1) is 13.8 Å². The van der Waals surface area contributed by atoms with E-state index < -0.39 is 10.0 Å². The highest BCUT2D eigenvalue weighted by atomic mass is 32.2. The molecule has 1 aliphatic heterocycles. The monoisotopic (exact) mass is 465 g/mol. The minimum Gasteiger partial charge on any atom is -0.496 e. The first-order chi connectivity index (χ1) is 15.6. The first-order valence-corrected chi connectivity index (χ1v) is 12.6. The maximum atomic E-state index is 13.1. The summed E-state index contributed by atoms with van der Waals surface area (Å²) in [7, 11) is -2.11. The Balaban J connectivity index is 1.57. The molecule has 5 nitrogen and oxygen atoms in total. The summed E-state index contributed by atoms with van der Waals surface area (Å²) in [6.45, 7) is 8.39. The van der Waals surface area contributed by atoms with Crippen LogP contribution in [0.5, 0.6) is 11.5 Å². The Labute approximate surface area is 196 Å². The van der Waals surface area contributed by atoms with Crippen molar-refractivity contribution < 1.29 is 17.9 Å². The zero-order valence-corrected chi connectivity index (χ0v) is 20.7. The zero-order valence-electron chi connectivity index (χ0n) is 19.9. The summed E-state index contributed by atoms with van der Waals surface area (Å²) in [4.78, 5) is 0.244. The molecule has 0 atom stereocenters. The van der Waals surface area contributed by atoms with Gasteiger partial charge < -0.3 is 9.47 Å². The highest BCUT2D eigenvalue weighted by Gasteiger charge is 2.27. The molecule has 0 saturated carbocycles. The predicted molar refractivity (Wildman–Crippen MR) is 131 cm³/mol. The lowest BCUT2D eigenvalue weighted by atomic mass is 9.94. The van der Waals surface area contributed by atoms with Gasteiger partial charge in [0, 0.05) is 12.1 Å². The van der Waals surface area contributed by atoms with Crippen molar-refractivity contribution in [3.63, 3.8) is 0 Å². The minimum atomic E-state index is -3.70. The van der Waals surface area contributed by atoms with Crippen molar-refractivity contribution in [2.45, 2.75) is 57.6 Å². The second-order valence-electron chi connectivity index (χ2n) is 9.28. The van der Waals surface area contributed by atoms with Gasteiger partial charge >= 0.3 is 0 Å². The van der Waals surface area contributed by atoms with E-state index in [0.717, 1.165) is 40.8 Å². The smallest absolute Gasteiger partial charge is 0.240 e. The summed E-state index contributed by atoms with van der Waals surface area (Å²) in [6, 6.07) is 17.2. The molecule has 0 fully saturated rings. The summed E-state index contributed by atoms with van der Waals surface area (Å²) in [5, 5.41) is 0. The van der Waals surface area contributed by atoms with Gasteiger partial charge in [0.2, 0.25) is 10.0 Å². The van der Waals surface area contributed by atoms with Crippen LogP contribution in [-0.4, -0.2) is 21.1 Å². The molecule has 6 heteroatoms. The Morgan fingerprint density at radius 3 is 2.42 bits per heavy atom. The number of methoxy groups -OCH3 is 1. The van der Waals surface area contributed by atoms with Gasteiger partial charge in [-0.15, -0.1) is 0 Å². The standard InChI is InChI=1S/C27H31NO4S/c1-18-6-7-20(14-19(18)2)21-8-10-25(31-5)23(15-21)17-28-33(29,30)24-9-11-26-22(16-24)12-13-27(3,4)32-26/h6-11,14-16,28H,12-13,17H2,1-5H3. The number of aryl methyl sites for hydroxylation is 3. The van der Waals surface area contributed by atoms with Gasteiger partial charge in [-0.25, -0.2) is 13.1 Å². The number of ether oxygens (including phenoxy) is 2. The molecule has 0 aliphatic carbocycles. The fraction of sp³-hybridized carbons (Fsp3) is 0.333. The molecular weight excluding hydrogens is 434 g/mol. The van der Waals surface area contributed by atoms with Crippen molar-refractivity contribution in [3.8, 4) is 22.6 Å². The SMILES string of the molecule is COc1ccc(-c2ccc(C)c(C)c2)cc1CNS(=O)(=O)c1ccc2c(c1)CCC(C)(C)O2. The molecule has 3 aromatic carbocycles. The number of hydrogen-bond donors (Lipinski definition) is 1. The molecule has 4 rings (SSSR count). The number of benzene rings is 3. The van der Waals surface area contributed by atoms with Crippen LogP contribution >= 0.6 is 0 Å². The summed E-state index contributed by atoms with van der Waals surface area (Å²) >= 11 is 0. The molecule has 0 bridgehead atoms. The van der Waals surface area contributed by atoms with Gasteiger partial charge in [-0.05, 0) is 98.7 Å². The lowest BCUT2D eigenvalue weighted by molar-refractivity contribution is 0.0845. The van der Waals surface area contributed by atoms with E-state index in [4.69, 9.17) is 9.47 Å². The maximum Gasteiger partial charge on any atom is 0.240 e. The fourth-order valence-electron chi connectivity index (χ4n) is 4.08. The molecule has 0 aromatic heterocycles. The van der Waals surface area contributed by atoms with E-state index in [9.17, 15) is 8.42 Å². The molecule has 0 radical (unpaired) electrons. The van der Waals surface area contributed by atoms with E-state index in [1.54, 1.807) is 25.3 Å². The van der Waals surface area contributed by atoms with Gasteiger partial charge in [0.25, 0.3) is 0 Å². The van der Waals surface area contributed by atoms with Gasteiger partial charge in [0.05, 0.1) is 12.0 Å². The summed E-state index contributed by atoms with van der Waals surface area (Å²) in [6.07, 6.45) is 1.64. The third-order valence-corrected chi connectivity index (χ3v) is 7.70. The predicted octanol–water partition coefficient (Wildman–Crippen LogP) is 5.56. The van der Waals surface area contributed by atoms with Gasteiger partial charge in [-0.3, -0.25) is 0 Å². The van der Waals surface area contributed by atoms with E-state index in [0.29, 0.717) is 5.75 Å². The average Bonchev–Trinajstić information content (AvgIpc) is 2.78. The van der Waals surface area contributed by atoms with Gasteiger partial charge in [-0.1, -0.05) is 24.3 Å². The van der Waals surface area contributed by atoms with Crippen LogP contribution in [0.1, 0.15) is 42.5 Å². The first-order valence-electron chi connectivity index (χ1n) is 11.1. The normalized spacial score (nSPS) is 14.9. The highest BCUT2D eigenvalue weighted by Crippen LogP contribution is 2.34. The second kappa shape index (κ2) is 8.84. The third kappa shape index (κ3) is 5.07. The molecule has 0 spiro atoms. The lowest BCUT2D eigenvalue weighted by Crippen LogP contribution is -2.32. The minimum absolute atomic E-state index is 0.130. The molecule has 3 aromatic rings. The Kier molecular flexibility index (Phi) is 6.25. The van der Waals surface area contributed by atoms with Crippen molar-refractivity contribution in [2.75, 3.05) is 7.11 Å². The maximum absolute atomic E-state index is 13.1. The van der Waals surface area contributed by atoms with Crippen LogP contribution in [0.4, 0.5) is 0 Å². The molecule has 0 amide bonds. The largest absolute Gasteiger partial charge is 0.496 e. The van der Waals surface area contributed by atoms with Crippen molar-refractivity contribution in [3.05, 3.63) is 76.9 Å². The fourth-order valence-corrected chi connectivity index (χ4v) is 5.13. The Morgan fingerprint density at radius 2 is 1.70 bits per heavy atom. The molecular formula is C27H31NO4S. The number of fused-ring (bicyclic) bond motifs is 1. The number of rotatable bonds is 6. The van der Waals surface area contributed by atoms with Crippen molar-refractivity contribution in [2.24, 2.45) is 0 Å². The average molecular weight is 466 g/mol. The van der Waals surface area contributed by atoms with Crippen LogP contribution < -0.4 is 14.2 Å². The van der Waals surface area contributed by atoms with Crippen LogP contribution in [-0.2, 0) is 23.0 Å². The molecule has 0 saturated heterocycles. The van der Waals surface area contributed by atoms with Crippen LogP contribution in [0.15, 0.2) is 59.5 Å². The van der Waals surface area contributed by atoms with Gasteiger partial charge in [0.15, 0.2) is 0 Å². The summed E-state index contributed by atoms with van der Waals surface area (Å²) < 4.78 is 40.3. The quantitative estimate of drug-likeness (QED) is 0.518. The lowest BCUT2D eigenvalue weighted by Gasteiger charge is -2.32. The van der Waals surface area contributed by atoms with Gasteiger partial charge in [-0.2, -0.15) is 0 Å². The topological polar surface area (TPSA) is 64.6 Å². The van der Waals surface area contributed by atoms with Gasteiger partial charge in [0.1, 0.15) is 17.1 Å². The molecule has 1 heterocycles. The summed E-state index contributed by atoms with van der Waals surface area (Å²) in [5.74, 6) is 1.40. The highest BCUT2D eigenvalue weighted by molar-refractivity contribution is 7.89. The van der Waals surface area contributed by atoms with E-state index in [1.807, 2.05) is 32.0 Å². The zero-order chi connectivity index (χ0) is 23.8. The number of sulfonamides is 1. The Bertz CT molecular complexity index is 1300.